The molecular weight excluding hydrogens is 674 g/mol. The van der Waals surface area contributed by atoms with Crippen molar-refractivity contribution in [3.05, 3.63) is 130 Å². The summed E-state index contributed by atoms with van der Waals surface area (Å²) in [5, 5.41) is 3.26. The normalized spacial score (nSPS) is 14.3. The minimum absolute atomic E-state index is 0.0451. The molecule has 0 aliphatic heterocycles. The Morgan fingerprint density at radius 1 is 0.830 bits per heavy atom. The van der Waals surface area contributed by atoms with Crippen LogP contribution in [0.3, 0.4) is 0 Å². The van der Waals surface area contributed by atoms with Crippen molar-refractivity contribution in [1.82, 2.24) is 10.2 Å². The molecule has 1 aliphatic carbocycles. The molecule has 9 heteroatoms. The van der Waals surface area contributed by atoms with Crippen LogP contribution in [-0.2, 0) is 39.0 Å². The number of halogens is 1. The van der Waals surface area contributed by atoms with E-state index in [2.05, 4.69) is 21.2 Å². The number of para-hydroxylation sites is 1. The van der Waals surface area contributed by atoms with Gasteiger partial charge in [0.2, 0.25) is 11.8 Å². The van der Waals surface area contributed by atoms with E-state index in [1.807, 2.05) is 73.7 Å². The van der Waals surface area contributed by atoms with Gasteiger partial charge >= 0.3 is 0 Å². The number of nitrogens with one attached hydrogen (secondary N) is 1. The first-order valence-electron chi connectivity index (χ1n) is 16.3. The molecule has 1 atom stereocenters. The lowest BCUT2D eigenvalue weighted by Crippen LogP contribution is -2.55. The third-order valence-electron chi connectivity index (χ3n) is 8.72. The maximum Gasteiger partial charge on any atom is 0.264 e. The lowest BCUT2D eigenvalue weighted by Gasteiger charge is -2.35. The Balaban J connectivity index is 1.58. The van der Waals surface area contributed by atoms with Crippen LogP contribution in [0.25, 0.3) is 0 Å². The lowest BCUT2D eigenvalue weighted by atomic mass is 9.94. The standard InChI is InChI=1S/C38H42BrN3O4S/c1-2-31-18-12-13-24-35(31)42(47(45,46)34-22-10-5-11-23-34)28-37(43)41(27-30-17-14-19-32(39)25-30)36(26-29-15-6-3-7-16-29)38(44)40-33-20-8-4-9-21-33/h3,5-7,10-19,22-25,33,36H,2,4,8-9,20-21,26-28H2,1H3,(H,40,44)/t36-/m0/s1. The van der Waals surface area contributed by atoms with Crippen molar-refractivity contribution < 1.29 is 18.0 Å². The van der Waals surface area contributed by atoms with Crippen molar-refractivity contribution in [3.63, 3.8) is 0 Å². The Kier molecular flexibility index (Phi) is 11.9. The van der Waals surface area contributed by atoms with Crippen LogP contribution in [0.5, 0.6) is 0 Å². The summed E-state index contributed by atoms with van der Waals surface area (Å²) in [5.74, 6) is -0.689. The highest BCUT2D eigenvalue weighted by atomic mass is 79.9. The van der Waals surface area contributed by atoms with Gasteiger partial charge in [0.05, 0.1) is 10.6 Å². The van der Waals surface area contributed by atoms with E-state index in [-0.39, 0.29) is 29.8 Å². The number of anilines is 1. The topological polar surface area (TPSA) is 86.8 Å². The Morgan fingerprint density at radius 3 is 2.15 bits per heavy atom. The molecule has 0 saturated heterocycles. The van der Waals surface area contributed by atoms with Crippen molar-refractivity contribution in [3.8, 4) is 0 Å². The molecule has 1 fully saturated rings. The minimum atomic E-state index is -4.14. The molecule has 1 N–H and O–H groups in total. The van der Waals surface area contributed by atoms with Crippen LogP contribution in [0.15, 0.2) is 119 Å². The second kappa shape index (κ2) is 16.2. The largest absolute Gasteiger partial charge is 0.352 e. The fourth-order valence-electron chi connectivity index (χ4n) is 6.22. The fraction of sp³-hybridized carbons (Fsp3) is 0.316. The first-order valence-corrected chi connectivity index (χ1v) is 18.5. The van der Waals surface area contributed by atoms with E-state index in [0.29, 0.717) is 12.1 Å². The zero-order valence-electron chi connectivity index (χ0n) is 26.7. The molecule has 1 aliphatic rings. The second-order valence-electron chi connectivity index (χ2n) is 12.0. The van der Waals surface area contributed by atoms with Crippen LogP contribution in [0.1, 0.15) is 55.7 Å². The molecule has 0 bridgehead atoms. The third kappa shape index (κ3) is 8.90. The van der Waals surface area contributed by atoms with Gasteiger partial charge in [0.1, 0.15) is 12.6 Å². The Labute approximate surface area is 287 Å². The van der Waals surface area contributed by atoms with Gasteiger partial charge in [-0.1, -0.05) is 121 Å². The Morgan fingerprint density at radius 2 is 1.47 bits per heavy atom. The first-order chi connectivity index (χ1) is 22.8. The van der Waals surface area contributed by atoms with Gasteiger partial charge in [-0.2, -0.15) is 0 Å². The van der Waals surface area contributed by atoms with Crippen LogP contribution in [-0.4, -0.2) is 43.8 Å². The SMILES string of the molecule is CCc1ccccc1N(CC(=O)N(Cc1cccc(Br)c1)[C@@H](Cc1ccccc1)C(=O)NC1CCCCC1)S(=O)(=O)c1ccccc1. The van der Waals surface area contributed by atoms with Crippen LogP contribution < -0.4 is 9.62 Å². The van der Waals surface area contributed by atoms with Gasteiger partial charge < -0.3 is 10.2 Å². The summed E-state index contributed by atoms with van der Waals surface area (Å²) in [5.41, 5.74) is 2.98. The zero-order chi connectivity index (χ0) is 33.2. The number of rotatable bonds is 13. The molecular formula is C38H42BrN3O4S. The van der Waals surface area contributed by atoms with Gasteiger partial charge in [0.15, 0.2) is 0 Å². The number of carbonyl (C=O) groups excluding carboxylic acids is 2. The van der Waals surface area contributed by atoms with Crippen LogP contribution in [0.4, 0.5) is 5.69 Å². The Bertz CT molecular complexity index is 1750. The van der Waals surface area contributed by atoms with E-state index in [4.69, 9.17) is 0 Å². The van der Waals surface area contributed by atoms with Crippen molar-refractivity contribution >= 4 is 43.5 Å². The molecule has 1 saturated carbocycles. The highest BCUT2D eigenvalue weighted by Gasteiger charge is 2.36. The minimum Gasteiger partial charge on any atom is -0.352 e. The first kappa shape index (κ1) is 34.4. The van der Waals surface area contributed by atoms with Gasteiger partial charge in [-0.15, -0.1) is 0 Å². The molecule has 5 rings (SSSR count). The molecule has 4 aromatic carbocycles. The molecule has 246 valence electrons. The number of benzene rings is 4. The average molecular weight is 717 g/mol. The average Bonchev–Trinajstić information content (AvgIpc) is 3.10. The van der Waals surface area contributed by atoms with Gasteiger partial charge in [-0.3, -0.25) is 13.9 Å². The molecule has 7 nitrogen and oxygen atoms in total. The number of nitrogens with zero attached hydrogens (tertiary/aromatic N) is 2. The fourth-order valence-corrected chi connectivity index (χ4v) is 8.14. The predicted octanol–water partition coefficient (Wildman–Crippen LogP) is 7.30. The zero-order valence-corrected chi connectivity index (χ0v) is 29.1. The van der Waals surface area contributed by atoms with Gasteiger partial charge in [-0.25, -0.2) is 8.42 Å². The summed E-state index contributed by atoms with van der Waals surface area (Å²) >= 11 is 3.54. The smallest absolute Gasteiger partial charge is 0.264 e. The number of hydrogen-bond acceptors (Lipinski definition) is 4. The molecule has 4 aromatic rings. The highest BCUT2D eigenvalue weighted by molar-refractivity contribution is 9.10. The molecule has 0 radical (unpaired) electrons. The van der Waals surface area contributed by atoms with Gasteiger partial charge in [0, 0.05) is 23.5 Å². The molecule has 0 aromatic heterocycles. The quantitative estimate of drug-likeness (QED) is 0.158. The second-order valence-corrected chi connectivity index (χ2v) is 14.8. The lowest BCUT2D eigenvalue weighted by molar-refractivity contribution is -0.140. The maximum atomic E-state index is 14.8. The number of amides is 2. The number of sulfonamides is 1. The predicted molar refractivity (Wildman–Crippen MR) is 190 cm³/mol. The van der Waals surface area contributed by atoms with E-state index in [0.717, 1.165) is 53.3 Å². The van der Waals surface area contributed by atoms with Crippen LogP contribution >= 0.6 is 15.9 Å². The molecule has 0 unspecified atom stereocenters. The van der Waals surface area contributed by atoms with Crippen molar-refractivity contribution in [2.75, 3.05) is 10.8 Å². The molecule has 0 spiro atoms. The number of carbonyl (C=O) groups is 2. The summed E-state index contributed by atoms with van der Waals surface area (Å²) < 4.78 is 30.6. The maximum absolute atomic E-state index is 14.8. The summed E-state index contributed by atoms with van der Waals surface area (Å²) in [4.78, 5) is 30.7. The molecule has 0 heterocycles. The number of hydrogen-bond donors (Lipinski definition) is 1. The highest BCUT2D eigenvalue weighted by Crippen LogP contribution is 2.29. The van der Waals surface area contributed by atoms with Crippen LogP contribution in [0, 0.1) is 0 Å². The van der Waals surface area contributed by atoms with E-state index >= 15 is 0 Å². The molecule has 47 heavy (non-hydrogen) atoms. The van der Waals surface area contributed by atoms with E-state index < -0.39 is 28.5 Å². The van der Waals surface area contributed by atoms with Gasteiger partial charge in [-0.05, 0) is 66.3 Å². The summed E-state index contributed by atoms with van der Waals surface area (Å²) in [6, 6.07) is 31.9. The van der Waals surface area contributed by atoms with E-state index in [1.165, 1.54) is 16.4 Å². The number of aryl methyl sites for hydroxylation is 1. The van der Waals surface area contributed by atoms with Gasteiger partial charge in [0.25, 0.3) is 10.0 Å². The third-order valence-corrected chi connectivity index (χ3v) is 11.0. The van der Waals surface area contributed by atoms with Crippen LogP contribution in [0.2, 0.25) is 0 Å². The van der Waals surface area contributed by atoms with Crippen molar-refractivity contribution in [1.29, 1.82) is 0 Å². The van der Waals surface area contributed by atoms with E-state index in [9.17, 15) is 18.0 Å². The summed E-state index contributed by atoms with van der Waals surface area (Å²) in [7, 11) is -4.14. The van der Waals surface area contributed by atoms with Crippen molar-refractivity contribution in [2.24, 2.45) is 0 Å². The van der Waals surface area contributed by atoms with Crippen molar-refractivity contribution in [2.45, 2.75) is 75.4 Å². The summed E-state index contributed by atoms with van der Waals surface area (Å²) in [6.07, 6.45) is 5.93. The summed E-state index contributed by atoms with van der Waals surface area (Å²) in [6.45, 7) is 1.62. The van der Waals surface area contributed by atoms with E-state index in [1.54, 1.807) is 35.2 Å². The Hall–Kier alpha value is -3.95. The molecule has 2 amide bonds. The monoisotopic (exact) mass is 715 g/mol.